The van der Waals surface area contributed by atoms with Gasteiger partial charge in [-0.15, -0.1) is 0 Å². The molecule has 58 valence electrons. The molecule has 0 radical (unpaired) electrons. The first-order valence-corrected chi connectivity index (χ1v) is 4.08. The number of pyridine rings is 1. The van der Waals surface area contributed by atoms with Crippen LogP contribution in [0.2, 0.25) is 0 Å². The molecule has 0 aliphatic carbocycles. The Balaban J connectivity index is 3.27. The molecule has 11 heavy (non-hydrogen) atoms. The average molecular weight is 285 g/mol. The Morgan fingerprint density at radius 1 is 1.73 bits per heavy atom. The van der Waals surface area contributed by atoms with Gasteiger partial charge in [0.2, 0.25) is 0 Å². The van der Waals surface area contributed by atoms with Crippen molar-refractivity contribution in [1.29, 1.82) is 0 Å². The Morgan fingerprint density at radius 2 is 2.36 bits per heavy atom. The van der Waals surface area contributed by atoms with Crippen molar-refractivity contribution in [2.45, 2.75) is 0 Å². The van der Waals surface area contributed by atoms with E-state index in [1.54, 1.807) is 22.6 Å². The van der Waals surface area contributed by atoms with Crippen LogP contribution in [0, 0.1) is 9.39 Å². The van der Waals surface area contributed by atoms with Crippen LogP contribution in [0.4, 0.5) is 4.39 Å². The van der Waals surface area contributed by atoms with E-state index in [2.05, 4.69) is 4.98 Å². The first-order valence-electron chi connectivity index (χ1n) is 2.62. The predicted molar refractivity (Wildman–Crippen MR) is 47.1 cm³/mol. The number of aromatic nitrogens is 1. The number of nitrogens with zero attached hydrogens (tertiary/aromatic N) is 1. The summed E-state index contributed by atoms with van der Waals surface area (Å²) < 4.78 is 12.8. The van der Waals surface area contributed by atoms with Gasteiger partial charge in [-0.05, 0) is 40.3 Å². The van der Waals surface area contributed by atoms with Gasteiger partial charge in [0.05, 0.1) is 3.57 Å². The van der Waals surface area contributed by atoms with Crippen LogP contribution < -0.4 is 0 Å². The van der Waals surface area contributed by atoms with Crippen LogP contribution in [0.3, 0.4) is 0 Å². The van der Waals surface area contributed by atoms with Crippen LogP contribution >= 0.6 is 34.2 Å². The zero-order valence-electron chi connectivity index (χ0n) is 5.14. The second-order valence-electron chi connectivity index (χ2n) is 1.73. The lowest BCUT2D eigenvalue weighted by Gasteiger charge is -1.96. The molecule has 1 heterocycles. The average Bonchev–Trinajstić information content (AvgIpc) is 1.94. The summed E-state index contributed by atoms with van der Waals surface area (Å²) in [6.07, 6.45) is 1.20. The van der Waals surface area contributed by atoms with Gasteiger partial charge >= 0.3 is 0 Å². The van der Waals surface area contributed by atoms with Gasteiger partial charge in [-0.25, -0.2) is 4.39 Å². The molecular weight excluding hydrogens is 283 g/mol. The molecule has 0 aromatic carbocycles. The maximum absolute atomic E-state index is 12.7. The van der Waals surface area contributed by atoms with Gasteiger partial charge < -0.3 is 0 Å². The first kappa shape index (κ1) is 8.86. The highest BCUT2D eigenvalue weighted by atomic mass is 127. The monoisotopic (exact) mass is 285 g/mol. The molecule has 5 heteroatoms. The highest BCUT2D eigenvalue weighted by Gasteiger charge is 2.11. The first-order chi connectivity index (χ1) is 5.13. The van der Waals surface area contributed by atoms with E-state index in [0.717, 1.165) is 0 Å². The van der Waals surface area contributed by atoms with E-state index < -0.39 is 11.1 Å². The van der Waals surface area contributed by atoms with E-state index in [4.69, 9.17) is 11.6 Å². The van der Waals surface area contributed by atoms with E-state index in [1.807, 2.05) is 0 Å². The number of halogens is 3. The molecular formula is C6H2ClFINO. The van der Waals surface area contributed by atoms with Crippen LogP contribution in [-0.4, -0.2) is 10.2 Å². The quantitative estimate of drug-likeness (QED) is 0.585. The lowest BCUT2D eigenvalue weighted by atomic mass is 10.4. The van der Waals surface area contributed by atoms with E-state index in [1.165, 1.54) is 12.3 Å². The van der Waals surface area contributed by atoms with Crippen molar-refractivity contribution in [3.05, 3.63) is 27.3 Å². The SMILES string of the molecule is O=C(Cl)c1nccc(F)c1I. The van der Waals surface area contributed by atoms with Gasteiger partial charge in [0.15, 0.2) is 0 Å². The second-order valence-corrected chi connectivity index (χ2v) is 3.15. The summed E-state index contributed by atoms with van der Waals surface area (Å²) in [5, 5.41) is -0.742. The molecule has 1 rings (SSSR count). The van der Waals surface area contributed by atoms with Gasteiger partial charge in [0.25, 0.3) is 5.24 Å². The predicted octanol–water partition coefficient (Wildman–Crippen LogP) is 2.20. The van der Waals surface area contributed by atoms with Crippen molar-refractivity contribution in [3.63, 3.8) is 0 Å². The smallest absolute Gasteiger partial charge is 0.272 e. The van der Waals surface area contributed by atoms with Crippen LogP contribution in [0.5, 0.6) is 0 Å². The summed E-state index contributed by atoms with van der Waals surface area (Å²) in [6, 6.07) is 1.17. The van der Waals surface area contributed by atoms with Crippen molar-refractivity contribution in [3.8, 4) is 0 Å². The van der Waals surface area contributed by atoms with Gasteiger partial charge in [-0.2, -0.15) is 0 Å². The van der Waals surface area contributed by atoms with Crippen LogP contribution in [-0.2, 0) is 0 Å². The maximum atomic E-state index is 12.7. The van der Waals surface area contributed by atoms with Crippen molar-refractivity contribution in [1.82, 2.24) is 4.98 Å². The Labute approximate surface area is 80.9 Å². The van der Waals surface area contributed by atoms with E-state index >= 15 is 0 Å². The zero-order valence-corrected chi connectivity index (χ0v) is 8.06. The lowest BCUT2D eigenvalue weighted by molar-refractivity contribution is 0.107. The summed E-state index contributed by atoms with van der Waals surface area (Å²) in [4.78, 5) is 14.2. The second kappa shape index (κ2) is 3.44. The molecule has 1 aromatic rings. The molecule has 0 N–H and O–H groups in total. The zero-order chi connectivity index (χ0) is 8.43. The number of carbonyl (C=O) groups is 1. The van der Waals surface area contributed by atoms with Crippen LogP contribution in [0.1, 0.15) is 10.5 Å². The summed E-state index contributed by atoms with van der Waals surface area (Å²) in [7, 11) is 0. The molecule has 0 amide bonds. The molecule has 0 aliphatic heterocycles. The van der Waals surface area contributed by atoms with Gasteiger partial charge in [0, 0.05) is 6.20 Å². The number of carbonyl (C=O) groups excluding carboxylic acids is 1. The van der Waals surface area contributed by atoms with Crippen molar-refractivity contribution in [2.75, 3.05) is 0 Å². The van der Waals surface area contributed by atoms with Gasteiger partial charge in [-0.1, -0.05) is 0 Å². The molecule has 0 fully saturated rings. The molecule has 0 aliphatic rings. The topological polar surface area (TPSA) is 30.0 Å². The fraction of sp³-hybridized carbons (Fsp3) is 0. The third kappa shape index (κ3) is 1.87. The normalized spacial score (nSPS) is 9.73. The van der Waals surface area contributed by atoms with Crippen molar-refractivity contribution in [2.24, 2.45) is 0 Å². The number of hydrogen-bond acceptors (Lipinski definition) is 2. The molecule has 1 aromatic heterocycles. The summed E-state index contributed by atoms with van der Waals surface area (Å²) in [6.45, 7) is 0. The van der Waals surface area contributed by atoms with Gasteiger partial charge in [-0.3, -0.25) is 9.78 Å². The minimum absolute atomic E-state index is 0.0349. The Kier molecular flexibility index (Phi) is 2.78. The summed E-state index contributed by atoms with van der Waals surface area (Å²) in [5.41, 5.74) is -0.0349. The largest absolute Gasteiger partial charge is 0.274 e. The van der Waals surface area contributed by atoms with E-state index in [9.17, 15) is 9.18 Å². The van der Waals surface area contributed by atoms with Crippen LogP contribution in [0.15, 0.2) is 12.3 Å². The minimum Gasteiger partial charge on any atom is -0.274 e. The van der Waals surface area contributed by atoms with E-state index in [-0.39, 0.29) is 9.26 Å². The standard InChI is InChI=1S/C6H2ClFINO/c7-6(11)5-4(9)3(8)1-2-10-5/h1-2H. The molecule has 0 bridgehead atoms. The third-order valence-electron chi connectivity index (χ3n) is 1.03. The minimum atomic E-state index is -0.742. The molecule has 0 saturated carbocycles. The van der Waals surface area contributed by atoms with Gasteiger partial charge in [0.1, 0.15) is 11.5 Å². The van der Waals surface area contributed by atoms with Crippen molar-refractivity contribution < 1.29 is 9.18 Å². The molecule has 0 spiro atoms. The Morgan fingerprint density at radius 3 is 2.82 bits per heavy atom. The fourth-order valence-electron chi connectivity index (χ4n) is 0.557. The molecule has 2 nitrogen and oxygen atoms in total. The van der Waals surface area contributed by atoms with E-state index in [0.29, 0.717) is 0 Å². The van der Waals surface area contributed by atoms with Crippen molar-refractivity contribution >= 4 is 39.4 Å². The fourth-order valence-corrected chi connectivity index (χ4v) is 1.42. The lowest BCUT2D eigenvalue weighted by Crippen LogP contribution is -1.99. The highest BCUT2D eigenvalue weighted by Crippen LogP contribution is 2.14. The number of hydrogen-bond donors (Lipinski definition) is 0. The number of rotatable bonds is 1. The molecule has 0 unspecified atom stereocenters. The maximum Gasteiger partial charge on any atom is 0.272 e. The third-order valence-corrected chi connectivity index (χ3v) is 2.23. The summed E-state index contributed by atoms with van der Waals surface area (Å²) in [5.74, 6) is -0.482. The van der Waals surface area contributed by atoms with Crippen LogP contribution in [0.25, 0.3) is 0 Å². The highest BCUT2D eigenvalue weighted by molar-refractivity contribution is 14.1. The Hall–Kier alpha value is -0.230. The Bertz CT molecular complexity index is 305. The summed E-state index contributed by atoms with van der Waals surface area (Å²) >= 11 is 6.78. The molecule has 0 atom stereocenters. The molecule has 0 saturated heterocycles.